The normalized spacial score (nSPS) is 24.4. The van der Waals surface area contributed by atoms with E-state index in [9.17, 15) is 4.79 Å². The fraction of sp³-hybridized carbons (Fsp3) is 0.462. The summed E-state index contributed by atoms with van der Waals surface area (Å²) < 4.78 is 0.975. The van der Waals surface area contributed by atoms with Gasteiger partial charge in [-0.3, -0.25) is 4.79 Å². The number of halogens is 1. The second kappa shape index (κ2) is 5.65. The zero-order valence-corrected chi connectivity index (χ0v) is 11.2. The van der Waals surface area contributed by atoms with Gasteiger partial charge in [-0.05, 0) is 37.1 Å². The van der Waals surface area contributed by atoms with Crippen LogP contribution in [0.3, 0.4) is 0 Å². The van der Waals surface area contributed by atoms with Crippen LogP contribution >= 0.6 is 15.9 Å². The van der Waals surface area contributed by atoms with E-state index in [1.165, 1.54) is 6.42 Å². The Labute approximate surface area is 110 Å². The van der Waals surface area contributed by atoms with Gasteiger partial charge >= 0.3 is 0 Å². The van der Waals surface area contributed by atoms with Gasteiger partial charge in [0, 0.05) is 22.1 Å². The molecule has 0 saturated heterocycles. The van der Waals surface area contributed by atoms with E-state index in [0.29, 0.717) is 5.56 Å². The van der Waals surface area contributed by atoms with Crippen LogP contribution in [0, 0.1) is 0 Å². The maximum Gasteiger partial charge on any atom is 0.251 e. The van der Waals surface area contributed by atoms with Crippen molar-refractivity contribution >= 4 is 21.8 Å². The van der Waals surface area contributed by atoms with Gasteiger partial charge in [-0.15, -0.1) is 0 Å². The fourth-order valence-electron chi connectivity index (χ4n) is 2.19. The highest BCUT2D eigenvalue weighted by Gasteiger charge is 2.23. The first-order valence-electron chi connectivity index (χ1n) is 5.99. The van der Waals surface area contributed by atoms with Crippen molar-refractivity contribution in [3.8, 4) is 0 Å². The van der Waals surface area contributed by atoms with Crippen LogP contribution in [-0.2, 0) is 0 Å². The second-order valence-electron chi connectivity index (χ2n) is 4.54. The number of benzene rings is 1. The first-order chi connectivity index (χ1) is 8.16. The highest BCUT2D eigenvalue weighted by Crippen LogP contribution is 2.17. The number of rotatable bonds is 2. The van der Waals surface area contributed by atoms with Crippen molar-refractivity contribution in [3.63, 3.8) is 0 Å². The van der Waals surface area contributed by atoms with Crippen LogP contribution in [0.5, 0.6) is 0 Å². The van der Waals surface area contributed by atoms with E-state index in [1.807, 2.05) is 24.3 Å². The molecule has 2 rings (SSSR count). The number of carbonyl (C=O) groups is 1. The van der Waals surface area contributed by atoms with Crippen molar-refractivity contribution in [1.82, 2.24) is 5.32 Å². The van der Waals surface area contributed by atoms with Gasteiger partial charge in [0.2, 0.25) is 0 Å². The Morgan fingerprint density at radius 2 is 1.88 bits per heavy atom. The Balaban J connectivity index is 1.98. The van der Waals surface area contributed by atoms with Crippen LogP contribution < -0.4 is 11.1 Å². The summed E-state index contributed by atoms with van der Waals surface area (Å²) >= 11 is 3.35. The molecule has 0 bridgehead atoms. The minimum absolute atomic E-state index is 0.0279. The number of amides is 1. The van der Waals surface area contributed by atoms with Crippen LogP contribution in [0.1, 0.15) is 36.0 Å². The third-order valence-electron chi connectivity index (χ3n) is 3.24. The smallest absolute Gasteiger partial charge is 0.251 e. The summed E-state index contributed by atoms with van der Waals surface area (Å²) in [5, 5.41) is 3.03. The Kier molecular flexibility index (Phi) is 4.18. The Hall–Kier alpha value is -0.870. The van der Waals surface area contributed by atoms with Crippen LogP contribution in [0.15, 0.2) is 28.7 Å². The Morgan fingerprint density at radius 1 is 1.24 bits per heavy atom. The number of hydrogen-bond acceptors (Lipinski definition) is 2. The molecule has 1 aliphatic carbocycles. The van der Waals surface area contributed by atoms with Gasteiger partial charge in [0.25, 0.3) is 5.91 Å². The van der Waals surface area contributed by atoms with Gasteiger partial charge in [0.15, 0.2) is 0 Å². The van der Waals surface area contributed by atoms with Crippen molar-refractivity contribution in [2.24, 2.45) is 5.73 Å². The van der Waals surface area contributed by atoms with Crippen molar-refractivity contribution in [1.29, 1.82) is 0 Å². The number of carbonyl (C=O) groups excluding carboxylic acids is 1. The largest absolute Gasteiger partial charge is 0.348 e. The Bertz CT molecular complexity index is 391. The predicted octanol–water partition coefficient (Wildman–Crippen LogP) is 2.45. The van der Waals surface area contributed by atoms with Crippen LogP contribution in [0.2, 0.25) is 0 Å². The average molecular weight is 297 g/mol. The van der Waals surface area contributed by atoms with Crippen LogP contribution in [-0.4, -0.2) is 18.0 Å². The summed E-state index contributed by atoms with van der Waals surface area (Å²) in [4.78, 5) is 12.0. The molecule has 17 heavy (non-hydrogen) atoms. The molecule has 1 saturated carbocycles. The maximum absolute atomic E-state index is 12.0. The minimum atomic E-state index is -0.0279. The number of nitrogens with one attached hydrogen (secondary N) is 1. The zero-order chi connectivity index (χ0) is 12.3. The molecule has 1 aliphatic rings. The van der Waals surface area contributed by atoms with Crippen molar-refractivity contribution in [2.45, 2.75) is 37.8 Å². The van der Waals surface area contributed by atoms with E-state index in [0.717, 1.165) is 23.7 Å². The lowest BCUT2D eigenvalue weighted by atomic mass is 9.91. The molecule has 0 aliphatic heterocycles. The second-order valence-corrected chi connectivity index (χ2v) is 5.45. The quantitative estimate of drug-likeness (QED) is 0.881. The third kappa shape index (κ3) is 3.30. The molecular formula is C13H17BrN2O. The molecule has 2 unspecified atom stereocenters. The van der Waals surface area contributed by atoms with E-state index in [4.69, 9.17) is 5.73 Å². The fourth-order valence-corrected chi connectivity index (χ4v) is 2.46. The molecule has 92 valence electrons. The van der Waals surface area contributed by atoms with Gasteiger partial charge in [-0.1, -0.05) is 28.8 Å². The molecule has 0 aromatic heterocycles. The molecule has 1 aromatic rings. The average Bonchev–Trinajstić information content (AvgIpc) is 2.33. The summed E-state index contributed by atoms with van der Waals surface area (Å²) in [5.41, 5.74) is 6.69. The van der Waals surface area contributed by atoms with Crippen molar-refractivity contribution in [2.75, 3.05) is 0 Å². The molecule has 3 nitrogen and oxygen atoms in total. The molecule has 1 aromatic carbocycles. The molecule has 0 heterocycles. The van der Waals surface area contributed by atoms with Crippen molar-refractivity contribution in [3.05, 3.63) is 34.3 Å². The van der Waals surface area contributed by atoms with Crippen LogP contribution in [0.25, 0.3) is 0 Å². The van der Waals surface area contributed by atoms with Gasteiger partial charge < -0.3 is 11.1 Å². The Morgan fingerprint density at radius 3 is 2.53 bits per heavy atom. The highest BCUT2D eigenvalue weighted by molar-refractivity contribution is 9.10. The summed E-state index contributed by atoms with van der Waals surface area (Å²) in [6.45, 7) is 0. The first-order valence-corrected chi connectivity index (χ1v) is 6.78. The van der Waals surface area contributed by atoms with E-state index in [1.54, 1.807) is 0 Å². The summed E-state index contributed by atoms with van der Waals surface area (Å²) in [5.74, 6) is -0.0279. The van der Waals surface area contributed by atoms with Gasteiger partial charge in [-0.2, -0.15) is 0 Å². The van der Waals surface area contributed by atoms with Gasteiger partial charge in [0.05, 0.1) is 0 Å². The predicted molar refractivity (Wildman–Crippen MR) is 71.8 cm³/mol. The summed E-state index contributed by atoms with van der Waals surface area (Å²) in [6.07, 6.45) is 4.32. The summed E-state index contributed by atoms with van der Waals surface area (Å²) in [6, 6.07) is 7.59. The molecule has 1 amide bonds. The standard InChI is InChI=1S/C13H17BrN2O/c14-10-7-5-9(6-8-10)13(17)16-12-4-2-1-3-11(12)15/h5-8,11-12H,1-4,15H2,(H,16,17). The van der Waals surface area contributed by atoms with Crippen molar-refractivity contribution < 1.29 is 4.79 Å². The molecule has 3 N–H and O–H groups in total. The van der Waals surface area contributed by atoms with Crippen LogP contribution in [0.4, 0.5) is 0 Å². The number of nitrogens with two attached hydrogens (primary N) is 1. The zero-order valence-electron chi connectivity index (χ0n) is 9.66. The SMILES string of the molecule is NC1CCCCC1NC(=O)c1ccc(Br)cc1. The van der Waals surface area contributed by atoms with E-state index in [-0.39, 0.29) is 18.0 Å². The molecule has 1 fully saturated rings. The highest BCUT2D eigenvalue weighted by atomic mass is 79.9. The van der Waals surface area contributed by atoms with E-state index < -0.39 is 0 Å². The molecular weight excluding hydrogens is 280 g/mol. The van der Waals surface area contributed by atoms with E-state index >= 15 is 0 Å². The third-order valence-corrected chi connectivity index (χ3v) is 3.77. The summed E-state index contributed by atoms with van der Waals surface area (Å²) in [7, 11) is 0. The monoisotopic (exact) mass is 296 g/mol. The molecule has 4 heteroatoms. The van der Waals surface area contributed by atoms with Gasteiger partial charge in [-0.25, -0.2) is 0 Å². The number of hydrogen-bond donors (Lipinski definition) is 2. The topological polar surface area (TPSA) is 55.1 Å². The lowest BCUT2D eigenvalue weighted by Gasteiger charge is -2.29. The lowest BCUT2D eigenvalue weighted by Crippen LogP contribution is -2.49. The maximum atomic E-state index is 12.0. The molecule has 0 spiro atoms. The lowest BCUT2D eigenvalue weighted by molar-refractivity contribution is 0.0921. The van der Waals surface area contributed by atoms with E-state index in [2.05, 4.69) is 21.2 Å². The minimum Gasteiger partial charge on any atom is -0.348 e. The van der Waals surface area contributed by atoms with Gasteiger partial charge in [0.1, 0.15) is 0 Å². The molecule has 0 radical (unpaired) electrons. The first kappa shape index (κ1) is 12.6. The molecule has 2 atom stereocenters.